The van der Waals surface area contributed by atoms with Crippen molar-refractivity contribution in [2.75, 3.05) is 25.0 Å². The van der Waals surface area contributed by atoms with Crippen molar-refractivity contribution in [2.45, 2.75) is 33.1 Å². The number of aryl methyl sites for hydroxylation is 1. The number of likely N-dealkylation sites (tertiary alicyclic amines) is 1. The molecule has 1 aromatic carbocycles. The van der Waals surface area contributed by atoms with Crippen molar-refractivity contribution in [2.24, 2.45) is 0 Å². The second-order valence-corrected chi connectivity index (χ2v) is 7.50. The lowest BCUT2D eigenvalue weighted by Crippen LogP contribution is -2.21. The van der Waals surface area contributed by atoms with Crippen LogP contribution < -0.4 is 5.32 Å². The number of Topliss-reactive ketones (excluding diaryl/α,β-unsaturated/α-hetero) is 1. The first-order valence-corrected chi connectivity index (χ1v) is 9.45. The van der Waals surface area contributed by atoms with E-state index in [1.807, 2.05) is 6.92 Å². The monoisotopic (exact) mass is 357 g/mol. The van der Waals surface area contributed by atoms with Gasteiger partial charge in [0.1, 0.15) is 4.88 Å². The zero-order valence-corrected chi connectivity index (χ0v) is 15.5. The Kier molecular flexibility index (Phi) is 5.60. The molecule has 1 amide bonds. The second kappa shape index (κ2) is 7.89. The normalized spacial score (nSPS) is 14.6. The number of anilines is 1. The van der Waals surface area contributed by atoms with E-state index in [0.717, 1.165) is 23.7 Å². The Hall–Kier alpha value is -2.05. The molecule has 0 spiro atoms. The van der Waals surface area contributed by atoms with E-state index in [0.29, 0.717) is 16.1 Å². The van der Waals surface area contributed by atoms with Gasteiger partial charge < -0.3 is 10.2 Å². The van der Waals surface area contributed by atoms with Crippen molar-refractivity contribution < 1.29 is 9.59 Å². The maximum atomic E-state index is 12.6. The fourth-order valence-electron chi connectivity index (χ4n) is 3.03. The van der Waals surface area contributed by atoms with E-state index in [1.165, 1.54) is 44.2 Å². The molecule has 1 aliphatic rings. The van der Waals surface area contributed by atoms with Gasteiger partial charge in [-0.3, -0.25) is 9.59 Å². The number of amides is 1. The third-order valence-electron chi connectivity index (χ3n) is 4.41. The molecule has 0 bridgehead atoms. The molecule has 2 aromatic rings. The summed E-state index contributed by atoms with van der Waals surface area (Å²) in [5.74, 6) is -0.183. The number of nitrogens with zero attached hydrogens (tertiary/aromatic N) is 2. The Bertz CT molecular complexity index is 779. The van der Waals surface area contributed by atoms with Crippen molar-refractivity contribution in [1.29, 1.82) is 0 Å². The number of carbonyl (C=O) groups is 2. The average Bonchev–Trinajstić information content (AvgIpc) is 3.22. The van der Waals surface area contributed by atoms with E-state index in [2.05, 4.69) is 15.2 Å². The minimum atomic E-state index is -0.164. The van der Waals surface area contributed by atoms with Crippen LogP contribution in [0.3, 0.4) is 0 Å². The SMILES string of the molecule is CC(=O)c1cccc(NC(=O)c2sc(CCN3CCCC3)nc2C)c1. The maximum absolute atomic E-state index is 12.6. The molecule has 0 aliphatic carbocycles. The van der Waals surface area contributed by atoms with Gasteiger partial charge in [-0.2, -0.15) is 0 Å². The quantitative estimate of drug-likeness (QED) is 0.803. The molecule has 0 radical (unpaired) electrons. The Labute approximate surface area is 152 Å². The summed E-state index contributed by atoms with van der Waals surface area (Å²) in [6.07, 6.45) is 3.45. The first kappa shape index (κ1) is 17.8. The first-order valence-electron chi connectivity index (χ1n) is 8.64. The van der Waals surface area contributed by atoms with E-state index in [-0.39, 0.29) is 11.7 Å². The molecule has 1 aliphatic heterocycles. The molecule has 1 N–H and O–H groups in total. The van der Waals surface area contributed by atoms with Gasteiger partial charge in [0, 0.05) is 24.2 Å². The van der Waals surface area contributed by atoms with Crippen molar-refractivity contribution >= 4 is 28.7 Å². The predicted molar refractivity (Wildman–Crippen MR) is 101 cm³/mol. The van der Waals surface area contributed by atoms with Crippen molar-refractivity contribution in [1.82, 2.24) is 9.88 Å². The Balaban J connectivity index is 1.65. The van der Waals surface area contributed by atoms with E-state index >= 15 is 0 Å². The summed E-state index contributed by atoms with van der Waals surface area (Å²) in [7, 11) is 0. The summed E-state index contributed by atoms with van der Waals surface area (Å²) < 4.78 is 0. The molecule has 0 saturated carbocycles. The summed E-state index contributed by atoms with van der Waals surface area (Å²) in [4.78, 5) is 31.7. The van der Waals surface area contributed by atoms with Crippen LogP contribution in [0.2, 0.25) is 0 Å². The highest BCUT2D eigenvalue weighted by molar-refractivity contribution is 7.13. The molecule has 5 nitrogen and oxygen atoms in total. The zero-order valence-electron chi connectivity index (χ0n) is 14.7. The molecular formula is C19H23N3O2S. The number of hydrogen-bond acceptors (Lipinski definition) is 5. The molecule has 1 fully saturated rings. The largest absolute Gasteiger partial charge is 0.321 e. The smallest absolute Gasteiger partial charge is 0.267 e. The van der Waals surface area contributed by atoms with Gasteiger partial charge in [-0.15, -0.1) is 11.3 Å². The molecule has 3 rings (SSSR count). The molecule has 1 saturated heterocycles. The zero-order chi connectivity index (χ0) is 17.8. The third kappa shape index (κ3) is 4.52. The van der Waals surface area contributed by atoms with Crippen LogP contribution in [0.4, 0.5) is 5.69 Å². The highest BCUT2D eigenvalue weighted by Crippen LogP contribution is 2.21. The second-order valence-electron chi connectivity index (χ2n) is 6.41. The van der Waals surface area contributed by atoms with Crippen molar-refractivity contribution in [3.8, 4) is 0 Å². The van der Waals surface area contributed by atoms with Gasteiger partial charge >= 0.3 is 0 Å². The number of thiazole rings is 1. The van der Waals surface area contributed by atoms with E-state index in [9.17, 15) is 9.59 Å². The lowest BCUT2D eigenvalue weighted by molar-refractivity contribution is 0.101. The summed E-state index contributed by atoms with van der Waals surface area (Å²) in [6, 6.07) is 7.00. The lowest BCUT2D eigenvalue weighted by atomic mass is 10.1. The standard InChI is InChI=1S/C19H23N3O2S/c1-13-18(25-17(20-13)8-11-22-9-3-4-10-22)19(24)21-16-7-5-6-15(12-16)14(2)23/h5-7,12H,3-4,8-11H2,1-2H3,(H,21,24). The topological polar surface area (TPSA) is 62.3 Å². The highest BCUT2D eigenvalue weighted by atomic mass is 32.1. The molecule has 1 aromatic heterocycles. The number of ketones is 1. The highest BCUT2D eigenvalue weighted by Gasteiger charge is 2.17. The fourth-order valence-corrected chi connectivity index (χ4v) is 3.98. The van der Waals surface area contributed by atoms with E-state index < -0.39 is 0 Å². The van der Waals surface area contributed by atoms with Gasteiger partial charge in [0.2, 0.25) is 0 Å². The van der Waals surface area contributed by atoms with Gasteiger partial charge in [0.05, 0.1) is 10.7 Å². The minimum absolute atomic E-state index is 0.0192. The maximum Gasteiger partial charge on any atom is 0.267 e. The number of rotatable bonds is 6. The third-order valence-corrected chi connectivity index (χ3v) is 5.63. The van der Waals surface area contributed by atoms with Crippen LogP contribution >= 0.6 is 11.3 Å². The minimum Gasteiger partial charge on any atom is -0.321 e. The molecule has 6 heteroatoms. The average molecular weight is 357 g/mol. The molecule has 25 heavy (non-hydrogen) atoms. The van der Waals surface area contributed by atoms with Crippen molar-refractivity contribution in [3.05, 3.63) is 45.4 Å². The van der Waals surface area contributed by atoms with E-state index in [4.69, 9.17) is 0 Å². The van der Waals surface area contributed by atoms with Crippen LogP contribution in [-0.4, -0.2) is 41.2 Å². The predicted octanol–water partition coefficient (Wildman–Crippen LogP) is 3.54. The summed E-state index contributed by atoms with van der Waals surface area (Å²) in [6.45, 7) is 6.74. The number of benzene rings is 1. The van der Waals surface area contributed by atoms with Crippen LogP contribution in [0.15, 0.2) is 24.3 Å². The van der Waals surface area contributed by atoms with Gasteiger partial charge in [-0.1, -0.05) is 12.1 Å². The van der Waals surface area contributed by atoms with E-state index in [1.54, 1.807) is 24.3 Å². The number of carbonyl (C=O) groups excluding carboxylic acids is 2. The lowest BCUT2D eigenvalue weighted by Gasteiger charge is -2.12. The number of nitrogens with one attached hydrogen (secondary N) is 1. The summed E-state index contributed by atoms with van der Waals surface area (Å²) >= 11 is 1.46. The fraction of sp³-hybridized carbons (Fsp3) is 0.421. The summed E-state index contributed by atoms with van der Waals surface area (Å²) in [5.41, 5.74) is 1.98. The van der Waals surface area contributed by atoms with Gasteiger partial charge in [0.15, 0.2) is 5.78 Å². The molecule has 0 unspecified atom stereocenters. The summed E-state index contributed by atoms with van der Waals surface area (Å²) in [5, 5.41) is 3.88. The Morgan fingerprint density at radius 3 is 2.76 bits per heavy atom. The van der Waals surface area contributed by atoms with Crippen LogP contribution in [0, 0.1) is 6.92 Å². The molecule has 132 valence electrons. The van der Waals surface area contributed by atoms with Crippen LogP contribution in [0.25, 0.3) is 0 Å². The Morgan fingerprint density at radius 2 is 2.04 bits per heavy atom. The number of hydrogen-bond donors (Lipinski definition) is 1. The van der Waals surface area contributed by atoms with Gasteiger partial charge in [-0.25, -0.2) is 4.98 Å². The number of aromatic nitrogens is 1. The van der Waals surface area contributed by atoms with Crippen molar-refractivity contribution in [3.63, 3.8) is 0 Å². The molecule has 0 atom stereocenters. The molecule has 2 heterocycles. The van der Waals surface area contributed by atoms with Gasteiger partial charge in [-0.05, 0) is 51.9 Å². The Morgan fingerprint density at radius 1 is 1.28 bits per heavy atom. The van der Waals surface area contributed by atoms with Crippen LogP contribution in [-0.2, 0) is 6.42 Å². The first-order chi connectivity index (χ1) is 12.0. The van der Waals surface area contributed by atoms with Crippen LogP contribution in [0.1, 0.15) is 50.5 Å². The van der Waals surface area contributed by atoms with Crippen LogP contribution in [0.5, 0.6) is 0 Å². The van der Waals surface area contributed by atoms with Gasteiger partial charge in [0.25, 0.3) is 5.91 Å². The molecular weight excluding hydrogens is 334 g/mol.